The molecule has 0 aliphatic carbocycles. The van der Waals surface area contributed by atoms with Gasteiger partial charge in [-0.2, -0.15) is 0 Å². The molecule has 0 bridgehead atoms. The molecule has 0 spiro atoms. The number of thiophene rings is 1. The molecule has 1 aromatic carbocycles. The number of unbranched alkanes of at least 4 members (excludes halogenated alkanes) is 2. The number of hydrogen-bond donors (Lipinski definition) is 2. The number of carboxylic acid groups (broad SMARTS) is 1. The van der Waals surface area contributed by atoms with Crippen LogP contribution in [-0.2, 0) is 27.3 Å². The Morgan fingerprint density at radius 2 is 1.90 bits per heavy atom. The molecule has 0 saturated carbocycles. The van der Waals surface area contributed by atoms with Gasteiger partial charge < -0.3 is 15.2 Å². The zero-order valence-electron chi connectivity index (χ0n) is 17.3. The first-order valence-corrected chi connectivity index (χ1v) is 11.1. The highest BCUT2D eigenvalue weighted by Gasteiger charge is 2.17. The van der Waals surface area contributed by atoms with Gasteiger partial charge in [0.15, 0.2) is 6.10 Å². The van der Waals surface area contributed by atoms with Gasteiger partial charge >= 0.3 is 5.97 Å². The number of ether oxygens (including phenoxy) is 1. The minimum Gasteiger partial charge on any atom is -0.479 e. The van der Waals surface area contributed by atoms with E-state index < -0.39 is 12.1 Å². The SMILES string of the molecule is CCCCCC(=O)CNCc1cc(-c2ccc(CC(OCC)C(=O)O)cc2)cs1. The summed E-state index contributed by atoms with van der Waals surface area (Å²) in [5.41, 5.74) is 3.16. The van der Waals surface area contributed by atoms with Crippen LogP contribution >= 0.6 is 11.3 Å². The molecule has 1 atom stereocenters. The predicted molar refractivity (Wildman–Crippen MR) is 117 cm³/mol. The number of carbonyl (C=O) groups is 2. The van der Waals surface area contributed by atoms with Crippen LogP contribution in [0.4, 0.5) is 0 Å². The van der Waals surface area contributed by atoms with Crippen LogP contribution in [0.15, 0.2) is 35.7 Å². The molecule has 29 heavy (non-hydrogen) atoms. The Kier molecular flexibility index (Phi) is 10.0. The average molecular weight is 418 g/mol. The van der Waals surface area contributed by atoms with Crippen LogP contribution in [-0.4, -0.2) is 36.1 Å². The van der Waals surface area contributed by atoms with Gasteiger partial charge in [-0.25, -0.2) is 4.79 Å². The first-order chi connectivity index (χ1) is 14.0. The topological polar surface area (TPSA) is 75.6 Å². The van der Waals surface area contributed by atoms with Crippen molar-refractivity contribution in [2.45, 2.75) is 58.6 Å². The highest BCUT2D eigenvalue weighted by atomic mass is 32.1. The standard InChI is InChI=1S/C23H31NO4S/c1-3-5-6-7-20(25)14-24-15-21-13-19(16-29-21)18-10-8-17(9-11-18)12-22(23(26)27)28-4-2/h8-11,13,16,22,24H,3-7,12,14-15H2,1-2H3,(H,26,27). The minimum atomic E-state index is -0.935. The average Bonchev–Trinajstić information content (AvgIpc) is 3.17. The van der Waals surface area contributed by atoms with Crippen molar-refractivity contribution in [1.82, 2.24) is 5.32 Å². The number of ketones is 1. The fraction of sp³-hybridized carbons (Fsp3) is 0.478. The van der Waals surface area contributed by atoms with E-state index in [1.807, 2.05) is 24.3 Å². The second-order valence-electron chi connectivity index (χ2n) is 7.08. The van der Waals surface area contributed by atoms with Gasteiger partial charge in [-0.1, -0.05) is 44.0 Å². The van der Waals surface area contributed by atoms with Gasteiger partial charge in [0, 0.05) is 30.9 Å². The molecular weight excluding hydrogens is 386 g/mol. The second-order valence-corrected chi connectivity index (χ2v) is 8.08. The summed E-state index contributed by atoms with van der Waals surface area (Å²) in [6, 6.07) is 10.1. The van der Waals surface area contributed by atoms with Crippen LogP contribution in [0, 0.1) is 0 Å². The Balaban J connectivity index is 1.85. The molecule has 0 saturated heterocycles. The number of Topliss-reactive ketones (excluding diaryl/α,β-unsaturated/α-hetero) is 1. The third-order valence-corrected chi connectivity index (χ3v) is 5.62. The zero-order valence-corrected chi connectivity index (χ0v) is 18.1. The quantitative estimate of drug-likeness (QED) is 0.436. The number of carboxylic acids is 1. The molecule has 1 unspecified atom stereocenters. The van der Waals surface area contributed by atoms with Crippen LogP contribution in [0.3, 0.4) is 0 Å². The van der Waals surface area contributed by atoms with Crippen LogP contribution in [0.2, 0.25) is 0 Å². The molecule has 2 N–H and O–H groups in total. The Hall–Kier alpha value is -2.02. The van der Waals surface area contributed by atoms with E-state index in [4.69, 9.17) is 4.74 Å². The summed E-state index contributed by atoms with van der Waals surface area (Å²) in [5.74, 6) is -0.660. The smallest absolute Gasteiger partial charge is 0.333 e. The highest BCUT2D eigenvalue weighted by Crippen LogP contribution is 2.26. The minimum absolute atomic E-state index is 0.275. The number of carbonyl (C=O) groups excluding carboxylic acids is 1. The van der Waals surface area contributed by atoms with Crippen molar-refractivity contribution < 1.29 is 19.4 Å². The molecule has 1 aromatic heterocycles. The lowest BCUT2D eigenvalue weighted by atomic mass is 10.0. The molecule has 6 heteroatoms. The Bertz CT molecular complexity index is 769. The molecule has 158 valence electrons. The molecule has 0 fully saturated rings. The summed E-state index contributed by atoms with van der Waals surface area (Å²) in [7, 11) is 0. The molecule has 0 amide bonds. The zero-order chi connectivity index (χ0) is 21.1. The number of aliphatic carboxylic acids is 1. The van der Waals surface area contributed by atoms with E-state index in [2.05, 4.69) is 23.7 Å². The van der Waals surface area contributed by atoms with Gasteiger partial charge in [0.1, 0.15) is 5.78 Å². The fourth-order valence-electron chi connectivity index (χ4n) is 3.08. The molecule has 0 radical (unpaired) electrons. The summed E-state index contributed by atoms with van der Waals surface area (Å²) in [6.07, 6.45) is 3.43. The van der Waals surface area contributed by atoms with Crippen molar-refractivity contribution in [2.75, 3.05) is 13.2 Å². The maximum atomic E-state index is 11.8. The number of hydrogen-bond acceptors (Lipinski definition) is 5. The van der Waals surface area contributed by atoms with Gasteiger partial charge in [-0.15, -0.1) is 11.3 Å². The van der Waals surface area contributed by atoms with Crippen LogP contribution < -0.4 is 5.32 Å². The van der Waals surface area contributed by atoms with Crippen molar-refractivity contribution in [3.8, 4) is 11.1 Å². The lowest BCUT2D eigenvalue weighted by Gasteiger charge is -2.12. The van der Waals surface area contributed by atoms with Crippen molar-refractivity contribution >= 4 is 23.1 Å². The Morgan fingerprint density at radius 3 is 2.55 bits per heavy atom. The maximum absolute atomic E-state index is 11.8. The molecular formula is C23H31NO4S. The normalized spacial score (nSPS) is 12.1. The lowest BCUT2D eigenvalue weighted by Crippen LogP contribution is -2.26. The molecule has 0 aliphatic heterocycles. The third kappa shape index (κ3) is 8.09. The third-order valence-electron chi connectivity index (χ3n) is 4.69. The molecule has 2 aromatic rings. The molecule has 5 nitrogen and oxygen atoms in total. The highest BCUT2D eigenvalue weighted by molar-refractivity contribution is 7.10. The van der Waals surface area contributed by atoms with Crippen LogP contribution in [0.1, 0.15) is 50.0 Å². The summed E-state index contributed by atoms with van der Waals surface area (Å²) >= 11 is 1.67. The predicted octanol–water partition coefficient (Wildman–Crippen LogP) is 4.69. The first kappa shape index (κ1) is 23.3. The number of rotatable bonds is 14. The molecule has 2 rings (SSSR count). The summed E-state index contributed by atoms with van der Waals surface area (Å²) < 4.78 is 5.28. The largest absolute Gasteiger partial charge is 0.479 e. The monoisotopic (exact) mass is 417 g/mol. The van der Waals surface area contributed by atoms with Crippen LogP contribution in [0.5, 0.6) is 0 Å². The summed E-state index contributed by atoms with van der Waals surface area (Å²) in [5, 5.41) is 14.6. The van der Waals surface area contributed by atoms with Crippen molar-refractivity contribution in [3.05, 3.63) is 46.2 Å². The number of nitrogens with one attached hydrogen (secondary N) is 1. The van der Waals surface area contributed by atoms with Crippen molar-refractivity contribution in [2.24, 2.45) is 0 Å². The van der Waals surface area contributed by atoms with E-state index in [1.54, 1.807) is 18.3 Å². The van der Waals surface area contributed by atoms with Gasteiger partial charge in [0.05, 0.1) is 6.54 Å². The van der Waals surface area contributed by atoms with Gasteiger partial charge in [0.25, 0.3) is 0 Å². The Labute approximate surface area is 177 Å². The molecule has 0 aliphatic rings. The van der Waals surface area contributed by atoms with E-state index in [-0.39, 0.29) is 5.78 Å². The second kappa shape index (κ2) is 12.5. The van der Waals surface area contributed by atoms with E-state index in [1.165, 1.54) is 4.88 Å². The van der Waals surface area contributed by atoms with Gasteiger partial charge in [-0.05, 0) is 41.5 Å². The van der Waals surface area contributed by atoms with Crippen molar-refractivity contribution in [3.63, 3.8) is 0 Å². The fourth-order valence-corrected chi connectivity index (χ4v) is 3.94. The maximum Gasteiger partial charge on any atom is 0.333 e. The van der Waals surface area contributed by atoms with E-state index in [0.29, 0.717) is 32.5 Å². The van der Waals surface area contributed by atoms with Gasteiger partial charge in [0.2, 0.25) is 0 Å². The lowest BCUT2D eigenvalue weighted by molar-refractivity contribution is -0.149. The van der Waals surface area contributed by atoms with E-state index in [9.17, 15) is 14.7 Å². The molecule has 1 heterocycles. The Morgan fingerprint density at radius 1 is 1.14 bits per heavy atom. The van der Waals surface area contributed by atoms with Crippen molar-refractivity contribution in [1.29, 1.82) is 0 Å². The summed E-state index contributed by atoms with van der Waals surface area (Å²) in [6.45, 7) is 5.43. The first-order valence-electron chi connectivity index (χ1n) is 10.3. The van der Waals surface area contributed by atoms with Gasteiger partial charge in [-0.3, -0.25) is 4.79 Å². The number of benzene rings is 1. The van der Waals surface area contributed by atoms with E-state index >= 15 is 0 Å². The van der Waals surface area contributed by atoms with Crippen LogP contribution in [0.25, 0.3) is 11.1 Å². The van der Waals surface area contributed by atoms with E-state index in [0.717, 1.165) is 36.0 Å². The summed E-state index contributed by atoms with van der Waals surface area (Å²) in [4.78, 5) is 24.2.